The second-order valence-corrected chi connectivity index (χ2v) is 7.06. The molecule has 1 aromatic carbocycles. The van der Waals surface area contributed by atoms with Gasteiger partial charge in [0.05, 0.1) is 12.5 Å². The van der Waals surface area contributed by atoms with Gasteiger partial charge in [0.2, 0.25) is 5.91 Å². The summed E-state index contributed by atoms with van der Waals surface area (Å²) in [6.07, 6.45) is 2.67. The van der Waals surface area contributed by atoms with Crippen LogP contribution >= 0.6 is 11.3 Å². The molecular weight excluding hydrogens is 306 g/mol. The minimum Gasteiger partial charge on any atom is -0.392 e. The summed E-state index contributed by atoms with van der Waals surface area (Å²) < 4.78 is 0. The zero-order valence-electron chi connectivity index (χ0n) is 13.2. The Bertz CT molecular complexity index is 604. The lowest BCUT2D eigenvalue weighted by molar-refractivity contribution is -0.132. The average molecular weight is 329 g/mol. The predicted molar refractivity (Wildman–Crippen MR) is 93.5 cm³/mol. The number of carbonyl (C=O) groups is 1. The third-order valence-corrected chi connectivity index (χ3v) is 5.39. The van der Waals surface area contributed by atoms with E-state index in [1.807, 2.05) is 39.9 Å². The summed E-state index contributed by atoms with van der Waals surface area (Å²) in [6, 6.07) is 12.1. The van der Waals surface area contributed by atoms with Crippen molar-refractivity contribution in [1.29, 1.82) is 0 Å². The van der Waals surface area contributed by atoms with Crippen molar-refractivity contribution in [3.05, 3.63) is 58.3 Å². The molecule has 0 radical (unpaired) electrons. The number of thiophene rings is 1. The zero-order chi connectivity index (χ0) is 16.1. The molecule has 2 aromatic rings. The fourth-order valence-corrected chi connectivity index (χ4v) is 3.90. The Labute approximate surface area is 141 Å². The van der Waals surface area contributed by atoms with Crippen LogP contribution in [0.2, 0.25) is 0 Å². The summed E-state index contributed by atoms with van der Waals surface area (Å²) >= 11 is 1.63. The van der Waals surface area contributed by atoms with Crippen molar-refractivity contribution < 1.29 is 9.90 Å². The molecule has 4 heteroatoms. The lowest BCUT2D eigenvalue weighted by Gasteiger charge is -2.34. The monoisotopic (exact) mass is 329 g/mol. The van der Waals surface area contributed by atoms with Crippen LogP contribution in [0.3, 0.4) is 0 Å². The summed E-state index contributed by atoms with van der Waals surface area (Å²) in [6.45, 7) is 1.53. The van der Waals surface area contributed by atoms with Gasteiger partial charge in [0.1, 0.15) is 0 Å². The van der Waals surface area contributed by atoms with Gasteiger partial charge in [-0.2, -0.15) is 11.3 Å². The van der Waals surface area contributed by atoms with Crippen LogP contribution in [-0.2, 0) is 17.6 Å². The summed E-state index contributed by atoms with van der Waals surface area (Å²) in [5, 5.41) is 14.5. The molecule has 23 heavy (non-hydrogen) atoms. The molecule has 0 aliphatic carbocycles. The molecule has 1 aliphatic rings. The maximum Gasteiger partial charge on any atom is 0.227 e. The fourth-order valence-electron chi connectivity index (χ4n) is 3.24. The van der Waals surface area contributed by atoms with E-state index in [2.05, 4.69) is 12.1 Å². The van der Waals surface area contributed by atoms with Crippen LogP contribution in [0, 0.1) is 5.92 Å². The van der Waals surface area contributed by atoms with Gasteiger partial charge in [-0.05, 0) is 53.1 Å². The molecular formula is C19H23NO2S. The van der Waals surface area contributed by atoms with E-state index in [-0.39, 0.29) is 12.0 Å². The number of aliphatic hydroxyl groups is 1. The van der Waals surface area contributed by atoms with Crippen LogP contribution in [0.4, 0.5) is 0 Å². The van der Waals surface area contributed by atoms with Crippen LogP contribution in [0.25, 0.3) is 0 Å². The smallest absolute Gasteiger partial charge is 0.227 e. The van der Waals surface area contributed by atoms with Crippen LogP contribution in [0.5, 0.6) is 0 Å². The van der Waals surface area contributed by atoms with E-state index in [9.17, 15) is 9.90 Å². The fraction of sp³-hybridized carbons (Fsp3) is 0.421. The van der Waals surface area contributed by atoms with E-state index in [4.69, 9.17) is 0 Å². The third kappa shape index (κ3) is 4.43. The van der Waals surface area contributed by atoms with E-state index < -0.39 is 0 Å². The van der Waals surface area contributed by atoms with Crippen molar-refractivity contribution in [2.24, 2.45) is 5.92 Å². The minimum absolute atomic E-state index is 0.208. The van der Waals surface area contributed by atoms with E-state index in [1.54, 1.807) is 11.3 Å². The molecule has 1 atom stereocenters. The molecule has 0 saturated carbocycles. The van der Waals surface area contributed by atoms with Crippen molar-refractivity contribution in [2.45, 2.75) is 31.8 Å². The molecule has 122 valence electrons. The van der Waals surface area contributed by atoms with Gasteiger partial charge in [-0.1, -0.05) is 30.3 Å². The van der Waals surface area contributed by atoms with Crippen LogP contribution < -0.4 is 0 Å². The average Bonchev–Trinajstić information content (AvgIpc) is 3.09. The van der Waals surface area contributed by atoms with E-state index in [0.717, 1.165) is 31.5 Å². The molecule has 1 saturated heterocycles. The Balaban J connectivity index is 1.47. The molecule has 3 nitrogen and oxygen atoms in total. The number of likely N-dealkylation sites (tertiary alicyclic amines) is 1. The Morgan fingerprint density at radius 2 is 1.91 bits per heavy atom. The first-order chi connectivity index (χ1) is 11.2. The van der Waals surface area contributed by atoms with Crippen LogP contribution in [0.1, 0.15) is 24.0 Å². The predicted octanol–water partition coefficient (Wildman–Crippen LogP) is 3.13. The Hall–Kier alpha value is -1.65. The number of nitrogens with zero attached hydrogens (tertiary/aromatic N) is 1. The van der Waals surface area contributed by atoms with Crippen molar-refractivity contribution in [1.82, 2.24) is 4.90 Å². The summed E-state index contributed by atoms with van der Waals surface area (Å²) in [4.78, 5) is 14.2. The van der Waals surface area contributed by atoms with Gasteiger partial charge in [-0.3, -0.25) is 4.79 Å². The molecule has 0 bridgehead atoms. The lowest BCUT2D eigenvalue weighted by atomic mass is 9.88. The number of amides is 1. The first-order valence-electron chi connectivity index (χ1n) is 8.23. The number of benzene rings is 1. The van der Waals surface area contributed by atoms with E-state index in [1.165, 1.54) is 5.56 Å². The number of piperidine rings is 1. The maximum absolute atomic E-state index is 12.3. The van der Waals surface area contributed by atoms with Gasteiger partial charge >= 0.3 is 0 Å². The molecule has 1 fully saturated rings. The highest BCUT2D eigenvalue weighted by atomic mass is 32.1. The molecule has 3 rings (SSSR count). The summed E-state index contributed by atoms with van der Waals surface area (Å²) in [5.74, 6) is 0.500. The van der Waals surface area contributed by atoms with Gasteiger partial charge in [0, 0.05) is 13.1 Å². The highest BCUT2D eigenvalue weighted by molar-refractivity contribution is 7.07. The second kappa shape index (κ2) is 7.75. The Morgan fingerprint density at radius 1 is 1.17 bits per heavy atom. The molecule has 1 aliphatic heterocycles. The number of hydrogen-bond donors (Lipinski definition) is 1. The van der Waals surface area contributed by atoms with Crippen molar-refractivity contribution in [2.75, 3.05) is 13.1 Å². The standard InChI is InChI=1S/C19H23NO2S/c21-18(12-15-4-2-1-3-5-15)17-6-9-20(10-7-17)19(22)13-16-8-11-23-14-16/h1-5,8,11,14,17-18,21H,6-7,9-10,12-13H2. The lowest BCUT2D eigenvalue weighted by Crippen LogP contribution is -2.42. The van der Waals surface area contributed by atoms with Gasteiger partial charge in [0.15, 0.2) is 0 Å². The Kier molecular flexibility index (Phi) is 5.47. The normalized spacial score (nSPS) is 17.2. The quantitative estimate of drug-likeness (QED) is 0.915. The molecule has 1 aromatic heterocycles. The topological polar surface area (TPSA) is 40.5 Å². The molecule has 1 unspecified atom stereocenters. The van der Waals surface area contributed by atoms with Crippen molar-refractivity contribution in [3.8, 4) is 0 Å². The molecule has 2 heterocycles. The van der Waals surface area contributed by atoms with Crippen LogP contribution in [-0.4, -0.2) is 35.1 Å². The first-order valence-corrected chi connectivity index (χ1v) is 9.17. The number of rotatable bonds is 5. The maximum atomic E-state index is 12.3. The highest BCUT2D eigenvalue weighted by Gasteiger charge is 2.27. The zero-order valence-corrected chi connectivity index (χ0v) is 14.0. The second-order valence-electron chi connectivity index (χ2n) is 6.28. The number of aliphatic hydroxyl groups excluding tert-OH is 1. The molecule has 1 amide bonds. The van der Waals surface area contributed by atoms with Crippen LogP contribution in [0.15, 0.2) is 47.2 Å². The Morgan fingerprint density at radius 3 is 2.57 bits per heavy atom. The first kappa shape index (κ1) is 16.2. The molecule has 0 spiro atoms. The summed E-state index contributed by atoms with van der Waals surface area (Å²) in [5.41, 5.74) is 2.28. The number of carbonyl (C=O) groups excluding carboxylic acids is 1. The van der Waals surface area contributed by atoms with E-state index in [0.29, 0.717) is 18.8 Å². The van der Waals surface area contributed by atoms with Gasteiger partial charge < -0.3 is 10.0 Å². The summed E-state index contributed by atoms with van der Waals surface area (Å²) in [7, 11) is 0. The van der Waals surface area contributed by atoms with Gasteiger partial charge in [-0.25, -0.2) is 0 Å². The van der Waals surface area contributed by atoms with Gasteiger partial charge in [0.25, 0.3) is 0 Å². The minimum atomic E-state index is -0.313. The third-order valence-electron chi connectivity index (χ3n) is 4.66. The SMILES string of the molecule is O=C(Cc1ccsc1)N1CCC(C(O)Cc2ccccc2)CC1. The molecule has 1 N–H and O–H groups in total. The van der Waals surface area contributed by atoms with Crippen molar-refractivity contribution >= 4 is 17.2 Å². The largest absolute Gasteiger partial charge is 0.392 e. The van der Waals surface area contributed by atoms with E-state index >= 15 is 0 Å². The number of hydrogen-bond acceptors (Lipinski definition) is 3. The highest BCUT2D eigenvalue weighted by Crippen LogP contribution is 2.23. The van der Waals surface area contributed by atoms with Gasteiger partial charge in [-0.15, -0.1) is 0 Å². The van der Waals surface area contributed by atoms with Crippen molar-refractivity contribution in [3.63, 3.8) is 0 Å².